The third-order valence-electron chi connectivity index (χ3n) is 5.62. The number of amides is 1. The first-order valence-electron chi connectivity index (χ1n) is 9.92. The molecule has 0 fully saturated rings. The summed E-state index contributed by atoms with van der Waals surface area (Å²) in [6, 6.07) is 20.1. The van der Waals surface area contributed by atoms with Crippen LogP contribution in [0.5, 0.6) is 5.75 Å². The molecule has 0 saturated heterocycles. The Labute approximate surface area is 178 Å². The van der Waals surface area contributed by atoms with Gasteiger partial charge >= 0.3 is 0 Å². The molecule has 31 heavy (non-hydrogen) atoms. The maximum Gasteiger partial charge on any atom is 0.266 e. The second-order valence-corrected chi connectivity index (χ2v) is 7.46. The lowest BCUT2D eigenvalue weighted by molar-refractivity contribution is -0.122. The van der Waals surface area contributed by atoms with Crippen molar-refractivity contribution in [1.82, 2.24) is 4.98 Å². The zero-order chi connectivity index (χ0) is 21.5. The molecule has 0 saturated carbocycles. The van der Waals surface area contributed by atoms with Gasteiger partial charge in [-0.25, -0.2) is 4.39 Å². The number of aromatic nitrogens is 1. The van der Waals surface area contributed by atoms with Crippen molar-refractivity contribution in [3.05, 3.63) is 89.7 Å². The average Bonchev–Trinajstić information content (AvgIpc) is 3.36. The second-order valence-electron chi connectivity index (χ2n) is 7.46. The number of halogens is 1. The van der Waals surface area contributed by atoms with E-state index in [0.717, 1.165) is 16.9 Å². The van der Waals surface area contributed by atoms with Crippen LogP contribution in [0.15, 0.2) is 77.3 Å². The van der Waals surface area contributed by atoms with E-state index in [0.29, 0.717) is 28.3 Å². The second kappa shape index (κ2) is 7.40. The standard InChI is InChI=1S/C25H19FN2O3/c1-15-17(22-12-11-21(31-22)16-6-3-2-4-7-16)9-10-19-23(15)24(26)25(30)28(19)14-18-20(29)8-5-13-27-18/h2-13,24,29H,14H2,1H3. The summed E-state index contributed by atoms with van der Waals surface area (Å²) in [7, 11) is 0. The van der Waals surface area contributed by atoms with Crippen LogP contribution < -0.4 is 4.90 Å². The molecule has 0 aliphatic carbocycles. The zero-order valence-corrected chi connectivity index (χ0v) is 16.7. The van der Waals surface area contributed by atoms with Crippen LogP contribution in [-0.2, 0) is 11.3 Å². The van der Waals surface area contributed by atoms with Gasteiger partial charge in [-0.05, 0) is 48.9 Å². The number of furan rings is 1. The number of rotatable bonds is 4. The van der Waals surface area contributed by atoms with Crippen LogP contribution in [0, 0.1) is 6.92 Å². The predicted molar refractivity (Wildman–Crippen MR) is 115 cm³/mol. The molecule has 5 nitrogen and oxygen atoms in total. The quantitative estimate of drug-likeness (QED) is 0.473. The van der Waals surface area contributed by atoms with Crippen molar-refractivity contribution in [2.75, 3.05) is 4.90 Å². The average molecular weight is 414 g/mol. The highest BCUT2D eigenvalue weighted by molar-refractivity contribution is 6.05. The monoisotopic (exact) mass is 414 g/mol. The summed E-state index contributed by atoms with van der Waals surface area (Å²) in [4.78, 5) is 18.1. The first-order valence-corrected chi connectivity index (χ1v) is 9.92. The van der Waals surface area contributed by atoms with E-state index in [9.17, 15) is 9.90 Å². The number of pyridine rings is 1. The lowest BCUT2D eigenvalue weighted by atomic mass is 9.97. The molecule has 0 spiro atoms. The zero-order valence-electron chi connectivity index (χ0n) is 16.7. The Kier molecular flexibility index (Phi) is 4.55. The Balaban J connectivity index is 1.53. The number of hydrogen-bond acceptors (Lipinski definition) is 4. The van der Waals surface area contributed by atoms with Gasteiger partial charge in [0.2, 0.25) is 6.17 Å². The van der Waals surface area contributed by atoms with Gasteiger partial charge in [0.15, 0.2) is 0 Å². The van der Waals surface area contributed by atoms with Gasteiger partial charge in [-0.1, -0.05) is 30.3 Å². The normalized spacial score (nSPS) is 15.4. The van der Waals surface area contributed by atoms with Crippen molar-refractivity contribution in [3.63, 3.8) is 0 Å². The van der Waals surface area contributed by atoms with E-state index < -0.39 is 12.1 Å². The maximum atomic E-state index is 15.1. The number of anilines is 1. The van der Waals surface area contributed by atoms with Crippen molar-refractivity contribution in [1.29, 1.82) is 0 Å². The summed E-state index contributed by atoms with van der Waals surface area (Å²) in [6.45, 7) is 1.79. The number of fused-ring (bicyclic) bond motifs is 1. The molecule has 1 amide bonds. The fourth-order valence-corrected chi connectivity index (χ4v) is 4.02. The molecule has 5 rings (SSSR count). The van der Waals surface area contributed by atoms with Crippen molar-refractivity contribution in [2.24, 2.45) is 0 Å². The smallest absolute Gasteiger partial charge is 0.266 e. The molecule has 1 aliphatic heterocycles. The summed E-state index contributed by atoms with van der Waals surface area (Å²) in [5.74, 6) is 0.636. The molecule has 2 aromatic heterocycles. The van der Waals surface area contributed by atoms with Gasteiger partial charge in [-0.15, -0.1) is 0 Å². The van der Waals surface area contributed by atoms with Gasteiger partial charge in [-0.2, -0.15) is 0 Å². The minimum atomic E-state index is -1.77. The number of alkyl halides is 1. The van der Waals surface area contributed by atoms with Crippen molar-refractivity contribution in [2.45, 2.75) is 19.6 Å². The molecule has 1 N–H and O–H groups in total. The van der Waals surface area contributed by atoms with Gasteiger partial charge in [0, 0.05) is 22.9 Å². The molecular formula is C25H19FN2O3. The van der Waals surface area contributed by atoms with Crippen LogP contribution in [0.1, 0.15) is 23.0 Å². The molecule has 2 aromatic carbocycles. The van der Waals surface area contributed by atoms with E-state index in [1.807, 2.05) is 48.5 Å². The third-order valence-corrected chi connectivity index (χ3v) is 5.62. The first kappa shape index (κ1) is 19.1. The molecule has 1 unspecified atom stereocenters. The highest BCUT2D eigenvalue weighted by atomic mass is 19.1. The van der Waals surface area contributed by atoms with Crippen LogP contribution in [0.4, 0.5) is 10.1 Å². The number of nitrogens with zero attached hydrogens (tertiary/aromatic N) is 2. The van der Waals surface area contributed by atoms with E-state index >= 15 is 4.39 Å². The van der Waals surface area contributed by atoms with Crippen LogP contribution in [0.25, 0.3) is 22.6 Å². The van der Waals surface area contributed by atoms with Crippen molar-refractivity contribution >= 4 is 11.6 Å². The summed E-state index contributed by atoms with van der Waals surface area (Å²) >= 11 is 0. The Bertz CT molecular complexity index is 1280. The maximum absolute atomic E-state index is 15.1. The van der Waals surface area contributed by atoms with Crippen molar-refractivity contribution in [3.8, 4) is 28.4 Å². The Morgan fingerprint density at radius 1 is 1.03 bits per heavy atom. The highest BCUT2D eigenvalue weighted by Gasteiger charge is 2.40. The number of benzene rings is 2. The number of carbonyl (C=O) groups is 1. The van der Waals surface area contributed by atoms with Gasteiger partial charge in [0.25, 0.3) is 5.91 Å². The molecule has 1 aliphatic rings. The van der Waals surface area contributed by atoms with Crippen LogP contribution in [0.3, 0.4) is 0 Å². The van der Waals surface area contributed by atoms with Gasteiger partial charge < -0.3 is 14.4 Å². The molecule has 0 bridgehead atoms. The van der Waals surface area contributed by atoms with E-state index in [1.54, 1.807) is 19.1 Å². The Morgan fingerprint density at radius 3 is 2.58 bits per heavy atom. The first-order chi connectivity index (χ1) is 15.0. The molecule has 1 atom stereocenters. The summed E-state index contributed by atoms with van der Waals surface area (Å²) < 4.78 is 21.1. The summed E-state index contributed by atoms with van der Waals surface area (Å²) in [6.07, 6.45) is -0.247. The van der Waals surface area contributed by atoms with Gasteiger partial charge in [0.1, 0.15) is 23.0 Å². The minimum absolute atomic E-state index is 0.00335. The lowest BCUT2D eigenvalue weighted by Crippen LogP contribution is -2.27. The van der Waals surface area contributed by atoms with Crippen LogP contribution in [-0.4, -0.2) is 16.0 Å². The molecule has 3 heterocycles. The Morgan fingerprint density at radius 2 is 1.81 bits per heavy atom. The largest absolute Gasteiger partial charge is 0.506 e. The van der Waals surface area contributed by atoms with Gasteiger partial charge in [-0.3, -0.25) is 9.78 Å². The minimum Gasteiger partial charge on any atom is -0.506 e. The molecule has 4 aromatic rings. The van der Waals surface area contributed by atoms with Crippen molar-refractivity contribution < 1.29 is 18.7 Å². The number of hydrogen-bond donors (Lipinski definition) is 1. The fraction of sp³-hybridized carbons (Fsp3) is 0.120. The van der Waals surface area contributed by atoms with E-state index in [4.69, 9.17) is 4.42 Å². The fourth-order valence-electron chi connectivity index (χ4n) is 4.02. The summed E-state index contributed by atoms with van der Waals surface area (Å²) in [5, 5.41) is 10.0. The SMILES string of the molecule is Cc1c(-c2ccc(-c3ccccc3)o2)ccc2c1C(F)C(=O)N2Cc1ncccc1O. The molecule has 0 radical (unpaired) electrons. The predicted octanol–water partition coefficient (Wildman–Crippen LogP) is 5.58. The lowest BCUT2D eigenvalue weighted by Gasteiger charge is -2.18. The van der Waals surface area contributed by atoms with E-state index in [1.165, 1.54) is 17.2 Å². The highest BCUT2D eigenvalue weighted by Crippen LogP contribution is 2.45. The van der Waals surface area contributed by atoms with Crippen LogP contribution in [0.2, 0.25) is 0 Å². The van der Waals surface area contributed by atoms with E-state index in [-0.39, 0.29) is 12.3 Å². The number of aromatic hydroxyl groups is 1. The van der Waals surface area contributed by atoms with Crippen LogP contribution >= 0.6 is 0 Å². The molecule has 154 valence electrons. The van der Waals surface area contributed by atoms with Gasteiger partial charge in [0.05, 0.1) is 12.2 Å². The third kappa shape index (κ3) is 3.17. The van der Waals surface area contributed by atoms with E-state index in [2.05, 4.69) is 4.98 Å². The molecular weight excluding hydrogens is 395 g/mol. The Hall–Kier alpha value is -3.93. The topological polar surface area (TPSA) is 66.6 Å². The number of carbonyl (C=O) groups excluding carboxylic acids is 1. The summed E-state index contributed by atoms with van der Waals surface area (Å²) in [5.41, 5.74) is 3.47. The molecule has 6 heteroatoms.